The molecule has 0 saturated heterocycles. The zero-order valence-electron chi connectivity index (χ0n) is 20.8. The number of rotatable bonds is 9. The van der Waals surface area contributed by atoms with Crippen LogP contribution in [0.15, 0.2) is 81.7 Å². The molecule has 4 aromatic rings. The molecule has 0 unspecified atom stereocenters. The van der Waals surface area contributed by atoms with Crippen molar-refractivity contribution in [3.63, 3.8) is 0 Å². The fraction of sp³-hybridized carbons (Fsp3) is 0.207. The lowest BCUT2D eigenvalue weighted by Gasteiger charge is -2.06. The fourth-order valence-electron chi connectivity index (χ4n) is 3.79. The number of thiophene rings is 1. The van der Waals surface area contributed by atoms with Gasteiger partial charge in [0.05, 0.1) is 23.5 Å². The molecule has 2 aromatic heterocycles. The largest absolute Gasteiger partial charge is 1.00 e. The van der Waals surface area contributed by atoms with Crippen LogP contribution in [0.4, 0.5) is 0 Å². The Morgan fingerprint density at radius 1 is 1.00 bits per heavy atom. The van der Waals surface area contributed by atoms with Gasteiger partial charge in [0.1, 0.15) is 4.21 Å². The molecule has 0 aliphatic carbocycles. The van der Waals surface area contributed by atoms with Crippen LogP contribution in [-0.4, -0.2) is 18.4 Å². The molecule has 0 saturated carbocycles. The summed E-state index contributed by atoms with van der Waals surface area (Å²) in [6.45, 7) is 6.22. The number of thioether (sulfide) groups is 1. The van der Waals surface area contributed by atoms with Crippen molar-refractivity contribution in [1.29, 1.82) is 0 Å². The summed E-state index contributed by atoms with van der Waals surface area (Å²) in [6.07, 6.45) is 4.00. The van der Waals surface area contributed by atoms with Crippen LogP contribution in [0.1, 0.15) is 44.4 Å². The van der Waals surface area contributed by atoms with Gasteiger partial charge < -0.3 is 21.7 Å². The lowest BCUT2D eigenvalue weighted by molar-refractivity contribution is -0.598. The molecule has 4 nitrogen and oxygen atoms in total. The molecule has 0 aliphatic rings. The van der Waals surface area contributed by atoms with Gasteiger partial charge in [0.2, 0.25) is 11.5 Å². The molecular formula is C29H27Br2NO3S2. The number of hydrogen-bond acceptors (Lipinski definition) is 5. The lowest BCUT2D eigenvalue weighted by atomic mass is 10.0. The molecule has 4 rings (SSSR count). The number of halogens is 2. The topological polar surface area (TPSA) is 47.3 Å². The number of benzene rings is 2. The summed E-state index contributed by atoms with van der Waals surface area (Å²) in [6, 6.07) is 19.7. The van der Waals surface area contributed by atoms with E-state index in [2.05, 4.69) is 35.0 Å². The van der Waals surface area contributed by atoms with E-state index in [0.29, 0.717) is 22.6 Å². The molecule has 0 amide bonds. The third-order valence-corrected chi connectivity index (χ3v) is 8.82. The van der Waals surface area contributed by atoms with Gasteiger partial charge in [-0.3, -0.25) is 9.59 Å². The number of nitrogens with zero attached hydrogens (tertiary/aromatic N) is 1. The van der Waals surface area contributed by atoms with Gasteiger partial charge in [-0.1, -0.05) is 40.2 Å². The minimum absolute atomic E-state index is 0. The van der Waals surface area contributed by atoms with E-state index in [1.807, 2.05) is 60.3 Å². The molecule has 0 atom stereocenters. The van der Waals surface area contributed by atoms with Crippen molar-refractivity contribution in [2.75, 3.05) is 6.61 Å². The Hall–Kier alpha value is -2.26. The first-order valence-corrected chi connectivity index (χ1v) is 14.2. The van der Waals surface area contributed by atoms with Crippen molar-refractivity contribution in [2.45, 2.75) is 37.2 Å². The number of ketones is 1. The van der Waals surface area contributed by atoms with Crippen molar-refractivity contribution < 1.29 is 35.9 Å². The van der Waals surface area contributed by atoms with E-state index in [9.17, 15) is 9.59 Å². The van der Waals surface area contributed by atoms with Gasteiger partial charge in [-0.05, 0) is 61.7 Å². The standard InChI is InChI=1S/C29H27BrNO3S2.BrH/c1-4-34-25(32)17-24-26(31-15-13-19(2)14-16-31)29(35-18-22-8-6-5-7-20(22)3)36-28(24)27(33)21-9-11-23(30)12-10-21;/h5-16H,4,17-18H2,1-3H3;1H/q+1;/p-1. The first-order chi connectivity index (χ1) is 17.4. The van der Waals surface area contributed by atoms with Crippen molar-refractivity contribution in [3.05, 3.63) is 110 Å². The van der Waals surface area contributed by atoms with E-state index in [0.717, 1.165) is 25.7 Å². The highest BCUT2D eigenvalue weighted by molar-refractivity contribution is 9.10. The van der Waals surface area contributed by atoms with Gasteiger partial charge in [-0.15, -0.1) is 23.1 Å². The lowest BCUT2D eigenvalue weighted by Crippen LogP contribution is -3.00. The molecule has 0 fully saturated rings. The maximum absolute atomic E-state index is 13.7. The SMILES string of the molecule is CCOC(=O)Cc1c(C(=O)c2ccc(Br)cc2)sc(SCc2ccccc2C)c1-[n+]1ccc(C)cc1.[Br-]. The summed E-state index contributed by atoms with van der Waals surface area (Å²) in [5.74, 6) is 0.324. The second-order valence-electron chi connectivity index (χ2n) is 8.36. The minimum Gasteiger partial charge on any atom is -1.00 e. The Morgan fingerprint density at radius 3 is 2.32 bits per heavy atom. The Morgan fingerprint density at radius 2 is 1.68 bits per heavy atom. The third-order valence-electron chi connectivity index (χ3n) is 5.76. The zero-order chi connectivity index (χ0) is 25.7. The molecule has 0 aliphatic heterocycles. The van der Waals surface area contributed by atoms with Crippen LogP contribution in [0.5, 0.6) is 0 Å². The fourth-order valence-corrected chi connectivity index (χ4v) is 6.71. The van der Waals surface area contributed by atoms with Crippen LogP contribution in [-0.2, 0) is 21.7 Å². The monoisotopic (exact) mass is 659 g/mol. The van der Waals surface area contributed by atoms with Crippen LogP contribution >= 0.6 is 39.0 Å². The normalized spacial score (nSPS) is 10.6. The van der Waals surface area contributed by atoms with E-state index in [1.165, 1.54) is 22.5 Å². The summed E-state index contributed by atoms with van der Waals surface area (Å²) in [4.78, 5) is 27.0. The third kappa shape index (κ3) is 7.19. The summed E-state index contributed by atoms with van der Waals surface area (Å²) >= 11 is 6.58. The number of carbonyl (C=O) groups is 2. The maximum atomic E-state index is 13.7. The van der Waals surface area contributed by atoms with Crippen LogP contribution < -0.4 is 21.5 Å². The number of pyridine rings is 1. The Labute approximate surface area is 245 Å². The molecule has 192 valence electrons. The van der Waals surface area contributed by atoms with E-state index in [4.69, 9.17) is 4.74 Å². The Kier molecular flexibility index (Phi) is 10.7. The van der Waals surface area contributed by atoms with E-state index >= 15 is 0 Å². The molecule has 0 spiro atoms. The highest BCUT2D eigenvalue weighted by Gasteiger charge is 2.31. The quantitative estimate of drug-likeness (QED) is 0.118. The number of ether oxygens (including phenoxy) is 1. The molecule has 0 radical (unpaired) electrons. The molecule has 2 aromatic carbocycles. The van der Waals surface area contributed by atoms with E-state index < -0.39 is 0 Å². The minimum atomic E-state index is -0.343. The zero-order valence-corrected chi connectivity index (χ0v) is 25.6. The van der Waals surface area contributed by atoms with Crippen LogP contribution in [0, 0.1) is 13.8 Å². The van der Waals surface area contributed by atoms with Crippen LogP contribution in [0.25, 0.3) is 5.69 Å². The van der Waals surface area contributed by atoms with Crippen LogP contribution in [0.3, 0.4) is 0 Å². The molecule has 2 heterocycles. The van der Waals surface area contributed by atoms with Crippen molar-refractivity contribution in [3.8, 4) is 5.69 Å². The average molecular weight is 661 g/mol. The van der Waals surface area contributed by atoms with E-state index in [-0.39, 0.29) is 35.2 Å². The molecular weight excluding hydrogens is 634 g/mol. The second kappa shape index (κ2) is 13.5. The van der Waals surface area contributed by atoms with Crippen molar-refractivity contribution in [2.24, 2.45) is 0 Å². The molecule has 8 heteroatoms. The number of hydrogen-bond donors (Lipinski definition) is 0. The maximum Gasteiger partial charge on any atom is 0.310 e. The number of esters is 1. The predicted octanol–water partition coefficient (Wildman–Crippen LogP) is 4.04. The summed E-state index contributed by atoms with van der Waals surface area (Å²) in [7, 11) is 0. The average Bonchev–Trinajstić information content (AvgIpc) is 3.22. The Bertz CT molecular complexity index is 1380. The van der Waals surface area contributed by atoms with Gasteiger partial charge in [0.25, 0.3) is 0 Å². The highest BCUT2D eigenvalue weighted by Crippen LogP contribution is 2.40. The van der Waals surface area contributed by atoms with Crippen molar-refractivity contribution in [1.82, 2.24) is 0 Å². The first-order valence-electron chi connectivity index (χ1n) is 11.6. The second-order valence-corrected chi connectivity index (χ2v) is 11.5. The highest BCUT2D eigenvalue weighted by atomic mass is 79.9. The number of carbonyl (C=O) groups excluding carboxylic acids is 2. The molecule has 0 bridgehead atoms. The molecule has 0 N–H and O–H groups in total. The summed E-state index contributed by atoms with van der Waals surface area (Å²) in [5.41, 5.74) is 5.75. The van der Waals surface area contributed by atoms with Gasteiger partial charge >= 0.3 is 5.97 Å². The van der Waals surface area contributed by atoms with Crippen LogP contribution in [0.2, 0.25) is 0 Å². The number of aryl methyl sites for hydroxylation is 2. The molecule has 37 heavy (non-hydrogen) atoms. The Balaban J connectivity index is 0.00000380. The van der Waals surface area contributed by atoms with Gasteiger partial charge in [-0.25, -0.2) is 0 Å². The predicted molar refractivity (Wildman–Crippen MR) is 149 cm³/mol. The first kappa shape index (κ1) is 29.3. The van der Waals surface area contributed by atoms with Crippen molar-refractivity contribution >= 4 is 50.8 Å². The van der Waals surface area contributed by atoms with Gasteiger partial charge in [-0.2, -0.15) is 4.57 Å². The smallest absolute Gasteiger partial charge is 0.310 e. The van der Waals surface area contributed by atoms with Gasteiger partial charge in [0.15, 0.2) is 12.4 Å². The summed E-state index contributed by atoms with van der Waals surface area (Å²) < 4.78 is 9.21. The van der Waals surface area contributed by atoms with E-state index in [1.54, 1.807) is 30.8 Å². The number of aromatic nitrogens is 1. The summed E-state index contributed by atoms with van der Waals surface area (Å²) in [5, 5.41) is 0. The van der Waals surface area contributed by atoms with Gasteiger partial charge in [0, 0.05) is 27.9 Å².